The Balaban J connectivity index is 2.83. The number of allylic oxidation sites excluding steroid dienone is 5. The molecule has 0 aliphatic heterocycles. The van der Waals surface area contributed by atoms with Crippen LogP contribution < -0.4 is 0 Å². The van der Waals surface area contributed by atoms with E-state index < -0.39 is 6.10 Å². The van der Waals surface area contributed by atoms with Crippen molar-refractivity contribution in [2.24, 2.45) is 5.41 Å². The second-order valence-electron chi connectivity index (χ2n) is 6.71. The van der Waals surface area contributed by atoms with Gasteiger partial charge in [0, 0.05) is 0 Å². The first kappa shape index (κ1) is 17.0. The zero-order valence-electron chi connectivity index (χ0n) is 13.8. The first-order valence-electron chi connectivity index (χ1n) is 7.62. The maximum atomic E-state index is 10.1. The Labute approximate surface area is 124 Å². The fourth-order valence-corrected chi connectivity index (χ4v) is 2.96. The zero-order chi connectivity index (χ0) is 15.3. The van der Waals surface area contributed by atoms with E-state index in [1.165, 1.54) is 24.8 Å². The summed E-state index contributed by atoms with van der Waals surface area (Å²) in [6, 6.07) is 0. The summed E-state index contributed by atoms with van der Waals surface area (Å²) in [7, 11) is 0. The molecule has 1 N–H and O–H groups in total. The Hall–Kier alpha value is -1.08. The average Bonchev–Trinajstić information content (AvgIpc) is 2.36. The molecule has 1 aliphatic carbocycles. The highest BCUT2D eigenvalue weighted by atomic mass is 16.3. The van der Waals surface area contributed by atoms with Crippen molar-refractivity contribution in [3.8, 4) is 0 Å². The molecule has 0 radical (unpaired) electrons. The Kier molecular flexibility index (Phi) is 6.01. The zero-order valence-corrected chi connectivity index (χ0v) is 13.8. The van der Waals surface area contributed by atoms with Crippen molar-refractivity contribution < 1.29 is 5.11 Å². The monoisotopic (exact) mass is 274 g/mol. The molecule has 1 atom stereocenters. The van der Waals surface area contributed by atoms with Gasteiger partial charge in [-0.1, -0.05) is 49.3 Å². The summed E-state index contributed by atoms with van der Waals surface area (Å²) in [4.78, 5) is 0. The van der Waals surface area contributed by atoms with Crippen molar-refractivity contribution in [3.05, 3.63) is 47.1 Å². The van der Waals surface area contributed by atoms with Crippen molar-refractivity contribution in [2.45, 2.75) is 66.4 Å². The summed E-state index contributed by atoms with van der Waals surface area (Å²) in [6.07, 6.45) is 10.1. The Bertz CT molecular complexity index is 446. The van der Waals surface area contributed by atoms with E-state index >= 15 is 0 Å². The summed E-state index contributed by atoms with van der Waals surface area (Å²) in [6.45, 7) is 14.6. The van der Waals surface area contributed by atoms with Crippen LogP contribution in [0.3, 0.4) is 0 Å². The molecule has 0 heterocycles. The van der Waals surface area contributed by atoms with Crippen molar-refractivity contribution in [2.75, 3.05) is 0 Å². The summed E-state index contributed by atoms with van der Waals surface area (Å²) in [5, 5.41) is 10.1. The fraction of sp³-hybridized carbons (Fsp3) is 0.579. The van der Waals surface area contributed by atoms with Crippen LogP contribution in [0.5, 0.6) is 0 Å². The van der Waals surface area contributed by atoms with E-state index in [0.717, 1.165) is 17.6 Å². The normalized spacial score (nSPS) is 21.9. The predicted octanol–water partition coefficient (Wildman–Crippen LogP) is 5.34. The minimum absolute atomic E-state index is 0.303. The van der Waals surface area contributed by atoms with Gasteiger partial charge in [-0.15, -0.1) is 0 Å². The maximum absolute atomic E-state index is 10.1. The highest BCUT2D eigenvalue weighted by Gasteiger charge is 2.27. The van der Waals surface area contributed by atoms with Gasteiger partial charge in [-0.2, -0.15) is 0 Å². The summed E-state index contributed by atoms with van der Waals surface area (Å²) < 4.78 is 0. The van der Waals surface area contributed by atoms with Crippen molar-refractivity contribution in [1.82, 2.24) is 0 Å². The highest BCUT2D eigenvalue weighted by molar-refractivity contribution is 5.28. The Morgan fingerprint density at radius 1 is 1.40 bits per heavy atom. The third-order valence-electron chi connectivity index (χ3n) is 4.52. The molecule has 1 unspecified atom stereocenters. The van der Waals surface area contributed by atoms with Crippen LogP contribution in [-0.2, 0) is 0 Å². The van der Waals surface area contributed by atoms with Crippen LogP contribution in [0.4, 0.5) is 0 Å². The lowest BCUT2D eigenvalue weighted by Gasteiger charge is -2.34. The quantitative estimate of drug-likeness (QED) is 0.530. The van der Waals surface area contributed by atoms with E-state index in [9.17, 15) is 5.11 Å². The lowest BCUT2D eigenvalue weighted by atomic mass is 9.71. The molecule has 0 amide bonds. The van der Waals surface area contributed by atoms with E-state index in [1.807, 2.05) is 19.9 Å². The maximum Gasteiger partial charge on any atom is 0.0934 e. The van der Waals surface area contributed by atoms with Gasteiger partial charge in [-0.3, -0.25) is 0 Å². The molecule has 0 saturated carbocycles. The molecular weight excluding hydrogens is 244 g/mol. The SMILES string of the molecule is C=C/C(C)=C/C(O)/C(C)=C/CC1=C(C)CCCC1(C)C. The largest absolute Gasteiger partial charge is 0.385 e. The number of hydrogen-bond donors (Lipinski definition) is 1. The molecule has 1 nitrogen and oxygen atoms in total. The lowest BCUT2D eigenvalue weighted by Crippen LogP contribution is -2.20. The van der Waals surface area contributed by atoms with Crippen molar-refractivity contribution in [1.29, 1.82) is 0 Å². The third kappa shape index (κ3) is 4.49. The Morgan fingerprint density at radius 3 is 2.60 bits per heavy atom. The number of rotatable bonds is 5. The molecule has 0 bridgehead atoms. The average molecular weight is 274 g/mol. The van der Waals surface area contributed by atoms with Gasteiger partial charge in [-0.05, 0) is 63.5 Å². The number of hydrogen-bond acceptors (Lipinski definition) is 1. The van der Waals surface area contributed by atoms with E-state index in [2.05, 4.69) is 33.4 Å². The standard InChI is InChI=1S/C19H30O/c1-7-14(2)13-18(20)16(4)10-11-17-15(3)9-8-12-19(17,5)6/h7,10,13,18,20H,1,8-9,11-12H2,2-6H3/b14-13+,16-10+. The third-order valence-corrected chi connectivity index (χ3v) is 4.52. The van der Waals surface area contributed by atoms with Gasteiger partial charge in [0.25, 0.3) is 0 Å². The van der Waals surface area contributed by atoms with Gasteiger partial charge in [0.15, 0.2) is 0 Å². The van der Waals surface area contributed by atoms with Crippen LogP contribution in [0, 0.1) is 5.41 Å². The van der Waals surface area contributed by atoms with Gasteiger partial charge in [-0.25, -0.2) is 0 Å². The van der Waals surface area contributed by atoms with Crippen molar-refractivity contribution in [3.63, 3.8) is 0 Å². The second kappa shape index (κ2) is 7.08. The molecule has 0 fully saturated rings. The first-order valence-corrected chi connectivity index (χ1v) is 7.62. The van der Waals surface area contributed by atoms with E-state index in [0.29, 0.717) is 5.41 Å². The molecule has 1 aliphatic rings. The van der Waals surface area contributed by atoms with Gasteiger partial charge in [0.1, 0.15) is 0 Å². The van der Waals surface area contributed by atoms with Crippen LogP contribution in [0.2, 0.25) is 0 Å². The molecule has 0 spiro atoms. The molecule has 1 heteroatoms. The van der Waals surface area contributed by atoms with Crippen LogP contribution in [0.15, 0.2) is 47.1 Å². The van der Waals surface area contributed by atoms with Crippen LogP contribution >= 0.6 is 0 Å². The second-order valence-corrected chi connectivity index (χ2v) is 6.71. The molecule has 0 saturated heterocycles. The first-order chi connectivity index (χ1) is 9.27. The number of aliphatic hydroxyl groups is 1. The fourth-order valence-electron chi connectivity index (χ4n) is 2.96. The molecule has 112 valence electrons. The van der Waals surface area contributed by atoms with E-state index in [-0.39, 0.29) is 0 Å². The van der Waals surface area contributed by atoms with Gasteiger partial charge < -0.3 is 5.11 Å². The lowest BCUT2D eigenvalue weighted by molar-refractivity contribution is 0.258. The van der Waals surface area contributed by atoms with Crippen LogP contribution in [0.25, 0.3) is 0 Å². The predicted molar refractivity (Wildman–Crippen MR) is 88.7 cm³/mol. The van der Waals surface area contributed by atoms with Crippen LogP contribution in [-0.4, -0.2) is 11.2 Å². The molecular formula is C19H30O. The molecule has 0 aromatic rings. The van der Waals surface area contributed by atoms with E-state index in [1.54, 1.807) is 11.6 Å². The molecule has 0 aromatic carbocycles. The van der Waals surface area contributed by atoms with Crippen molar-refractivity contribution >= 4 is 0 Å². The molecule has 1 rings (SSSR count). The molecule has 20 heavy (non-hydrogen) atoms. The number of aliphatic hydroxyl groups excluding tert-OH is 1. The van der Waals surface area contributed by atoms with Gasteiger partial charge in [0.05, 0.1) is 6.10 Å². The van der Waals surface area contributed by atoms with E-state index in [4.69, 9.17) is 0 Å². The van der Waals surface area contributed by atoms with Crippen LogP contribution in [0.1, 0.15) is 60.3 Å². The molecule has 0 aromatic heterocycles. The summed E-state index contributed by atoms with van der Waals surface area (Å²) >= 11 is 0. The topological polar surface area (TPSA) is 20.2 Å². The van der Waals surface area contributed by atoms with Gasteiger partial charge >= 0.3 is 0 Å². The minimum Gasteiger partial charge on any atom is -0.385 e. The smallest absolute Gasteiger partial charge is 0.0934 e. The Morgan fingerprint density at radius 2 is 2.05 bits per heavy atom. The summed E-state index contributed by atoms with van der Waals surface area (Å²) in [5.41, 5.74) is 5.43. The highest BCUT2D eigenvalue weighted by Crippen LogP contribution is 2.42. The minimum atomic E-state index is -0.499. The summed E-state index contributed by atoms with van der Waals surface area (Å²) in [5.74, 6) is 0. The van der Waals surface area contributed by atoms with Gasteiger partial charge in [0.2, 0.25) is 0 Å².